The smallest absolute Gasteiger partial charge is 0.462 e. The van der Waals surface area contributed by atoms with Crippen molar-refractivity contribution in [2.45, 2.75) is 174 Å². The highest BCUT2D eigenvalue weighted by Crippen LogP contribution is 2.36. The highest BCUT2D eigenvalue weighted by atomic mass is 31.2. The second-order valence-corrected chi connectivity index (χ2v) is 14.8. The second kappa shape index (κ2) is 34.1. The van der Waals surface area contributed by atoms with Crippen LogP contribution in [0, 0.1) is 5.92 Å². The number of rotatable bonds is 34. The Hall–Kier alpha value is -2.03. The molecular formula is C40H71O9P. The third-order valence-electron chi connectivity index (χ3n) is 8.10. The summed E-state index contributed by atoms with van der Waals surface area (Å²) in [5.41, 5.74) is 0. The molecule has 0 saturated heterocycles. The van der Waals surface area contributed by atoms with Crippen LogP contribution >= 0.6 is 7.82 Å². The van der Waals surface area contributed by atoms with Crippen LogP contribution in [-0.2, 0) is 28.2 Å². The van der Waals surface area contributed by atoms with Crippen molar-refractivity contribution in [2.75, 3.05) is 13.2 Å². The van der Waals surface area contributed by atoms with Crippen molar-refractivity contribution in [3.05, 3.63) is 48.6 Å². The summed E-state index contributed by atoms with van der Waals surface area (Å²) in [4.78, 5) is 42.7. The number of aliphatic hydroxyl groups is 1. The maximum atomic E-state index is 12.3. The Balaban J connectivity index is 4.10. The van der Waals surface area contributed by atoms with Gasteiger partial charge in [-0.15, -0.1) is 0 Å². The van der Waals surface area contributed by atoms with E-state index < -0.39 is 32.5 Å². The van der Waals surface area contributed by atoms with Crippen molar-refractivity contribution in [1.82, 2.24) is 0 Å². The van der Waals surface area contributed by atoms with E-state index in [0.29, 0.717) is 19.3 Å². The number of allylic oxidation sites excluding steroid dienone is 7. The van der Waals surface area contributed by atoms with Gasteiger partial charge in [-0.25, -0.2) is 4.57 Å². The molecule has 0 amide bonds. The molecule has 0 bridgehead atoms. The van der Waals surface area contributed by atoms with Crippen LogP contribution in [0.15, 0.2) is 48.6 Å². The summed E-state index contributed by atoms with van der Waals surface area (Å²) in [5, 5.41) is 9.78. The lowest BCUT2D eigenvalue weighted by atomic mass is 10.0. The van der Waals surface area contributed by atoms with E-state index >= 15 is 0 Å². The molecule has 0 aliphatic rings. The van der Waals surface area contributed by atoms with Gasteiger partial charge in [0.15, 0.2) is 6.10 Å². The van der Waals surface area contributed by atoms with Gasteiger partial charge in [-0.05, 0) is 50.9 Å². The normalized spacial score (nSPS) is 13.7. The molecule has 2 atom stereocenters. The van der Waals surface area contributed by atoms with Gasteiger partial charge < -0.3 is 24.4 Å². The number of phosphoric ester groups is 1. The average Bonchev–Trinajstić information content (AvgIpc) is 3.06. The lowest BCUT2D eigenvalue weighted by Crippen LogP contribution is -2.29. The van der Waals surface area contributed by atoms with Crippen LogP contribution in [0.4, 0.5) is 0 Å². The van der Waals surface area contributed by atoms with E-state index in [2.05, 4.69) is 49.6 Å². The molecular weight excluding hydrogens is 655 g/mol. The van der Waals surface area contributed by atoms with Crippen LogP contribution < -0.4 is 0 Å². The minimum absolute atomic E-state index is 0.119. The van der Waals surface area contributed by atoms with Crippen LogP contribution in [0.3, 0.4) is 0 Å². The molecule has 0 aliphatic heterocycles. The molecule has 3 N–H and O–H groups in total. The Morgan fingerprint density at radius 2 is 1.16 bits per heavy atom. The molecule has 0 aromatic heterocycles. The zero-order valence-electron chi connectivity index (χ0n) is 31.6. The molecule has 0 rings (SSSR count). The van der Waals surface area contributed by atoms with Crippen LogP contribution in [-0.4, -0.2) is 52.3 Å². The Labute approximate surface area is 304 Å². The largest absolute Gasteiger partial charge is 0.469 e. The molecule has 0 aromatic carbocycles. The van der Waals surface area contributed by atoms with Gasteiger partial charge >= 0.3 is 19.8 Å². The van der Waals surface area contributed by atoms with Crippen LogP contribution in [0.5, 0.6) is 0 Å². The molecule has 0 heterocycles. The van der Waals surface area contributed by atoms with E-state index in [0.717, 1.165) is 63.7 Å². The number of unbranched alkanes of at least 4 members (excludes halogenated alkanes) is 12. The van der Waals surface area contributed by atoms with Crippen molar-refractivity contribution >= 4 is 19.8 Å². The molecule has 10 heteroatoms. The minimum atomic E-state index is -4.78. The highest BCUT2D eigenvalue weighted by molar-refractivity contribution is 7.46. The fourth-order valence-corrected chi connectivity index (χ4v) is 5.52. The van der Waals surface area contributed by atoms with E-state index in [9.17, 15) is 19.3 Å². The number of esters is 2. The summed E-state index contributed by atoms with van der Waals surface area (Å²) in [6.45, 7) is 5.79. The van der Waals surface area contributed by atoms with Gasteiger partial charge in [0.05, 0.1) is 12.7 Å². The topological polar surface area (TPSA) is 140 Å². The standard InChI is InChI=1S/C40H71O9P/c1-4-5-30-37(41)31-26-22-18-14-10-6-7-11-16-20-24-28-33-40(43)49-38(35-48-50(44,45)46)34-47-39(42)32-27-23-19-15-12-8-9-13-17-21-25-29-36(2)3/h6-7,14,16,18,20,26,31,36-38,41H,4-5,8-13,15,17,19,21-25,27-30,32-35H2,1-3H3,(H2,44,45,46)/b7-6-,18-14-,20-16-,31-26-/t37-,38-/m1/s1. The molecule has 0 spiro atoms. The number of phosphoric acid groups is 1. The SMILES string of the molecule is CCCC[C@@H](O)/C=C\C/C=C\C/C=C\C/C=C\CCCC(=O)O[C@H](COC(=O)CCCCCCCCCCCCCC(C)C)COP(=O)(O)O. The highest BCUT2D eigenvalue weighted by Gasteiger charge is 2.22. The van der Waals surface area contributed by atoms with Gasteiger partial charge in [0.1, 0.15) is 6.61 Å². The number of hydrogen-bond donors (Lipinski definition) is 3. The third-order valence-corrected chi connectivity index (χ3v) is 8.58. The maximum absolute atomic E-state index is 12.3. The molecule has 290 valence electrons. The first kappa shape index (κ1) is 48.0. The quantitative estimate of drug-likeness (QED) is 0.0256. The summed E-state index contributed by atoms with van der Waals surface area (Å²) in [7, 11) is -4.78. The summed E-state index contributed by atoms with van der Waals surface area (Å²) >= 11 is 0. The van der Waals surface area contributed by atoms with Crippen LogP contribution in [0.1, 0.15) is 162 Å². The first-order chi connectivity index (χ1) is 24.0. The number of hydrogen-bond acceptors (Lipinski definition) is 7. The molecule has 9 nitrogen and oxygen atoms in total. The van der Waals surface area contributed by atoms with E-state index in [4.69, 9.17) is 19.3 Å². The lowest BCUT2D eigenvalue weighted by molar-refractivity contribution is -0.161. The molecule has 0 fully saturated rings. The summed E-state index contributed by atoms with van der Waals surface area (Å²) in [6.07, 6.45) is 36.1. The molecule has 0 aliphatic carbocycles. The third kappa shape index (κ3) is 37.2. The van der Waals surface area contributed by atoms with E-state index in [1.807, 2.05) is 24.3 Å². The van der Waals surface area contributed by atoms with Gasteiger partial charge in [-0.2, -0.15) is 0 Å². The summed E-state index contributed by atoms with van der Waals surface area (Å²) in [6, 6.07) is 0. The first-order valence-electron chi connectivity index (χ1n) is 19.4. The Bertz CT molecular complexity index is 983. The van der Waals surface area contributed by atoms with Crippen molar-refractivity contribution < 1.29 is 43.0 Å². The fraction of sp³-hybridized carbons (Fsp3) is 0.750. The number of carbonyl (C=O) groups excluding carboxylic acids is 2. The van der Waals surface area contributed by atoms with Gasteiger partial charge in [-0.3, -0.25) is 14.1 Å². The van der Waals surface area contributed by atoms with Gasteiger partial charge in [0, 0.05) is 12.8 Å². The number of carbonyl (C=O) groups is 2. The maximum Gasteiger partial charge on any atom is 0.469 e. The second-order valence-electron chi connectivity index (χ2n) is 13.6. The molecule has 0 unspecified atom stereocenters. The molecule has 0 aromatic rings. The number of ether oxygens (including phenoxy) is 2. The van der Waals surface area contributed by atoms with Gasteiger partial charge in [-0.1, -0.05) is 153 Å². The van der Waals surface area contributed by atoms with Crippen molar-refractivity contribution in [3.8, 4) is 0 Å². The summed E-state index contributed by atoms with van der Waals surface area (Å²) in [5.74, 6) is -0.171. The predicted molar refractivity (Wildman–Crippen MR) is 203 cm³/mol. The van der Waals surface area contributed by atoms with Crippen molar-refractivity contribution in [1.29, 1.82) is 0 Å². The Morgan fingerprint density at radius 1 is 0.640 bits per heavy atom. The van der Waals surface area contributed by atoms with E-state index in [1.165, 1.54) is 51.4 Å². The van der Waals surface area contributed by atoms with Crippen LogP contribution in [0.25, 0.3) is 0 Å². The van der Waals surface area contributed by atoms with Gasteiger partial charge in [0.2, 0.25) is 0 Å². The fourth-order valence-electron chi connectivity index (χ4n) is 5.16. The van der Waals surface area contributed by atoms with Crippen molar-refractivity contribution in [3.63, 3.8) is 0 Å². The van der Waals surface area contributed by atoms with Crippen LogP contribution in [0.2, 0.25) is 0 Å². The number of aliphatic hydroxyl groups excluding tert-OH is 1. The average molecular weight is 727 g/mol. The zero-order chi connectivity index (χ0) is 37.1. The summed E-state index contributed by atoms with van der Waals surface area (Å²) < 4.78 is 26.2. The Morgan fingerprint density at radius 3 is 1.72 bits per heavy atom. The predicted octanol–water partition coefficient (Wildman–Crippen LogP) is 10.4. The van der Waals surface area contributed by atoms with Gasteiger partial charge in [0.25, 0.3) is 0 Å². The van der Waals surface area contributed by atoms with E-state index in [1.54, 1.807) is 0 Å². The monoisotopic (exact) mass is 726 g/mol. The molecule has 0 saturated carbocycles. The zero-order valence-corrected chi connectivity index (χ0v) is 32.5. The molecule has 0 radical (unpaired) electrons. The molecule has 50 heavy (non-hydrogen) atoms. The Kier molecular flexibility index (Phi) is 32.7. The van der Waals surface area contributed by atoms with Crippen molar-refractivity contribution in [2.24, 2.45) is 5.92 Å². The van der Waals surface area contributed by atoms with E-state index in [-0.39, 0.29) is 25.6 Å². The minimum Gasteiger partial charge on any atom is -0.462 e. The lowest BCUT2D eigenvalue weighted by Gasteiger charge is -2.18. The first-order valence-corrected chi connectivity index (χ1v) is 20.9.